The summed E-state index contributed by atoms with van der Waals surface area (Å²) in [5.41, 5.74) is -0.481. The number of nitrogens with one attached hydrogen (secondary N) is 1. The van der Waals surface area contributed by atoms with E-state index < -0.39 is 61.6 Å². The number of rotatable bonds is 11. The minimum Gasteiger partial charge on any atom is -0.358 e. The van der Waals surface area contributed by atoms with Crippen LogP contribution in [-0.4, -0.2) is 63.8 Å². The van der Waals surface area contributed by atoms with Gasteiger partial charge in [0, 0.05) is 11.8 Å². The number of aryl methyl sites for hydroxylation is 1. The van der Waals surface area contributed by atoms with E-state index in [9.17, 15) is 26.4 Å². The second-order valence-electron chi connectivity index (χ2n) is 10.7. The van der Waals surface area contributed by atoms with Crippen molar-refractivity contribution in [1.29, 1.82) is 0 Å². The summed E-state index contributed by atoms with van der Waals surface area (Å²) in [4.78, 5) is 27.1. The lowest BCUT2D eigenvalue weighted by Crippen LogP contribution is -2.44. The second kappa shape index (κ2) is 12.8. The van der Waals surface area contributed by atoms with Crippen molar-refractivity contribution in [2.45, 2.75) is 37.1 Å². The van der Waals surface area contributed by atoms with E-state index in [4.69, 9.17) is 17.8 Å². The van der Waals surface area contributed by atoms with Crippen LogP contribution < -0.4 is 11.2 Å². The van der Waals surface area contributed by atoms with Crippen molar-refractivity contribution < 1.29 is 34.7 Å². The summed E-state index contributed by atoms with van der Waals surface area (Å²) in [5.74, 6) is 0. The number of hydrogen-bond acceptors (Lipinski definition) is 10. The maximum atomic E-state index is 12.9. The number of hydrogen-bond donors (Lipinski definition) is 1. The molecule has 1 N–H and O–H groups in total. The van der Waals surface area contributed by atoms with E-state index in [0.717, 1.165) is 33.8 Å². The zero-order valence-corrected chi connectivity index (χ0v) is 26.2. The van der Waals surface area contributed by atoms with E-state index in [2.05, 4.69) is 4.98 Å². The molecule has 3 aromatic carbocycles. The van der Waals surface area contributed by atoms with Gasteiger partial charge in [-0.15, -0.1) is 0 Å². The summed E-state index contributed by atoms with van der Waals surface area (Å²) >= 11 is 0. The summed E-state index contributed by atoms with van der Waals surface area (Å²) < 4.78 is 74.4. The maximum Gasteiger partial charge on any atom is 0.330 e. The van der Waals surface area contributed by atoms with Gasteiger partial charge >= 0.3 is 5.69 Å². The summed E-state index contributed by atoms with van der Waals surface area (Å²) in [7, 11) is -8.47. The predicted octanol–water partition coefficient (Wildman–Crippen LogP) is 2.44. The van der Waals surface area contributed by atoms with Crippen molar-refractivity contribution in [2.75, 3.05) is 19.1 Å². The Bertz CT molecular complexity index is 1870. The van der Waals surface area contributed by atoms with Crippen LogP contribution in [0.25, 0.3) is 0 Å². The Morgan fingerprint density at radius 2 is 1.20 bits per heavy atom. The maximum absolute atomic E-state index is 12.9. The van der Waals surface area contributed by atoms with Gasteiger partial charge in [0.2, 0.25) is 0 Å². The first-order chi connectivity index (χ1) is 21.3. The van der Waals surface area contributed by atoms with Crippen LogP contribution in [-0.2, 0) is 43.7 Å². The molecule has 0 bridgehead atoms. The van der Waals surface area contributed by atoms with Gasteiger partial charge in [-0.25, -0.2) is 4.79 Å². The van der Waals surface area contributed by atoms with Gasteiger partial charge in [0.1, 0.15) is 17.8 Å². The highest BCUT2D eigenvalue weighted by molar-refractivity contribution is 7.86. The van der Waals surface area contributed by atoms with Crippen molar-refractivity contribution >= 4 is 20.2 Å². The molecule has 12 nitrogen and oxygen atoms in total. The fourth-order valence-corrected chi connectivity index (χ4v) is 6.68. The van der Waals surface area contributed by atoms with Crippen LogP contribution in [0, 0.1) is 6.92 Å². The van der Waals surface area contributed by atoms with E-state index in [1.807, 2.05) is 91.0 Å². The number of benzene rings is 3. The highest BCUT2D eigenvalue weighted by Gasteiger charge is 2.52. The number of nitrogens with zero attached hydrogens (tertiary/aromatic N) is 1. The zero-order chi connectivity index (χ0) is 32.4. The molecule has 4 aromatic rings. The number of aromatic amines is 1. The van der Waals surface area contributed by atoms with Gasteiger partial charge in [0.05, 0.1) is 19.1 Å². The van der Waals surface area contributed by atoms with Gasteiger partial charge in [-0.3, -0.25) is 22.7 Å². The SMILES string of the molecule is Cc1cn(C2O[C@H](COC(c3ccccc3)(c3ccccc3)c3ccccc3)[C@@H](OS(C)(=O)=O)[C@H]2OS(C)(=O)=O)c(=O)[nH]c1=O. The Morgan fingerprint density at radius 1 is 0.756 bits per heavy atom. The summed E-state index contributed by atoms with van der Waals surface area (Å²) in [6.07, 6.45) is -3.31. The number of ether oxygens (including phenoxy) is 2. The third-order valence-corrected chi connectivity index (χ3v) is 8.43. The summed E-state index contributed by atoms with van der Waals surface area (Å²) in [5, 5.41) is 0. The zero-order valence-electron chi connectivity index (χ0n) is 24.6. The Kier molecular flexibility index (Phi) is 9.26. The molecule has 0 aliphatic carbocycles. The molecule has 1 aliphatic heterocycles. The molecule has 0 saturated carbocycles. The molecule has 1 unspecified atom stereocenters. The van der Waals surface area contributed by atoms with E-state index in [-0.39, 0.29) is 12.2 Å². The van der Waals surface area contributed by atoms with Crippen LogP contribution in [0.4, 0.5) is 0 Å². The summed E-state index contributed by atoms with van der Waals surface area (Å²) in [6, 6.07) is 28.1. The van der Waals surface area contributed by atoms with E-state index in [1.54, 1.807) is 0 Å². The smallest absolute Gasteiger partial charge is 0.330 e. The van der Waals surface area contributed by atoms with Crippen molar-refractivity contribution in [2.24, 2.45) is 0 Å². The van der Waals surface area contributed by atoms with Crippen LogP contribution >= 0.6 is 0 Å². The molecule has 0 radical (unpaired) electrons. The molecule has 1 aromatic heterocycles. The van der Waals surface area contributed by atoms with E-state index in [0.29, 0.717) is 0 Å². The van der Waals surface area contributed by atoms with Gasteiger partial charge in [-0.05, 0) is 23.6 Å². The van der Waals surface area contributed by atoms with Crippen LogP contribution in [0.1, 0.15) is 28.5 Å². The third kappa shape index (κ3) is 7.16. The lowest BCUT2D eigenvalue weighted by Gasteiger charge is -2.37. The molecule has 5 rings (SSSR count). The molecule has 0 amide bonds. The topological polar surface area (TPSA) is 160 Å². The highest BCUT2D eigenvalue weighted by Crippen LogP contribution is 2.42. The van der Waals surface area contributed by atoms with Crippen LogP contribution in [0.2, 0.25) is 0 Å². The lowest BCUT2D eigenvalue weighted by atomic mass is 9.80. The minimum absolute atomic E-state index is 0.118. The molecule has 1 fully saturated rings. The third-order valence-electron chi connectivity index (χ3n) is 7.28. The van der Waals surface area contributed by atoms with Crippen molar-refractivity contribution in [1.82, 2.24) is 9.55 Å². The van der Waals surface area contributed by atoms with Crippen molar-refractivity contribution in [3.05, 3.63) is 140 Å². The fourth-order valence-electron chi connectivity index (χ4n) is 5.44. The molecule has 45 heavy (non-hydrogen) atoms. The van der Waals surface area contributed by atoms with E-state index >= 15 is 0 Å². The van der Waals surface area contributed by atoms with Gasteiger partial charge in [0.15, 0.2) is 12.3 Å². The Hall–Kier alpha value is -3.92. The molecular weight excluding hydrogens is 624 g/mol. The van der Waals surface area contributed by atoms with Gasteiger partial charge in [-0.1, -0.05) is 91.0 Å². The lowest BCUT2D eigenvalue weighted by molar-refractivity contribution is -0.0930. The quantitative estimate of drug-likeness (QED) is 0.188. The Labute approximate surface area is 260 Å². The Balaban J connectivity index is 1.65. The number of aromatic nitrogens is 2. The molecule has 0 spiro atoms. The normalized spacial score (nSPS) is 20.7. The molecular formula is C31H32N2O10S2. The van der Waals surface area contributed by atoms with E-state index in [1.165, 1.54) is 13.1 Å². The fraction of sp³-hybridized carbons (Fsp3) is 0.290. The standard InChI is InChI=1S/C31H32N2O10S2/c1-21-19-33(30(35)32-28(21)34)29-27(43-45(3,38)39)26(42-44(2,36)37)25(41-29)20-40-31(22-13-7-4-8-14-22,23-15-9-5-10-16-23)24-17-11-6-12-18-24/h4-19,25-27,29H,20H2,1-3H3,(H,32,34,35)/t25-,26-,27-,29?/m1/s1. The van der Waals surface area contributed by atoms with Crippen molar-refractivity contribution in [3.63, 3.8) is 0 Å². The van der Waals surface area contributed by atoms with Crippen LogP contribution in [0.5, 0.6) is 0 Å². The minimum atomic E-state index is -4.25. The number of H-pyrrole nitrogens is 1. The van der Waals surface area contributed by atoms with Crippen LogP contribution in [0.3, 0.4) is 0 Å². The average Bonchev–Trinajstić information content (AvgIpc) is 3.30. The average molecular weight is 657 g/mol. The Morgan fingerprint density at radius 3 is 1.64 bits per heavy atom. The predicted molar refractivity (Wildman–Crippen MR) is 165 cm³/mol. The van der Waals surface area contributed by atoms with Crippen molar-refractivity contribution in [3.8, 4) is 0 Å². The first-order valence-electron chi connectivity index (χ1n) is 13.8. The monoisotopic (exact) mass is 656 g/mol. The molecule has 1 aliphatic rings. The molecule has 4 atom stereocenters. The first kappa shape index (κ1) is 32.5. The van der Waals surface area contributed by atoms with Crippen LogP contribution in [0.15, 0.2) is 107 Å². The molecule has 238 valence electrons. The van der Waals surface area contributed by atoms with Gasteiger partial charge in [0.25, 0.3) is 25.8 Å². The largest absolute Gasteiger partial charge is 0.358 e. The first-order valence-corrected chi connectivity index (χ1v) is 17.5. The second-order valence-corrected chi connectivity index (χ2v) is 13.9. The van der Waals surface area contributed by atoms with Gasteiger partial charge < -0.3 is 9.47 Å². The highest BCUT2D eigenvalue weighted by atomic mass is 32.2. The van der Waals surface area contributed by atoms with Gasteiger partial charge in [-0.2, -0.15) is 16.8 Å². The summed E-state index contributed by atoms with van der Waals surface area (Å²) in [6.45, 7) is 1.09. The molecule has 14 heteroatoms. The molecule has 1 saturated heterocycles. The molecule has 2 heterocycles.